The molecule has 1 saturated carbocycles. The van der Waals surface area contributed by atoms with Crippen LogP contribution in [0.3, 0.4) is 0 Å². The minimum atomic E-state index is 0.0362. The van der Waals surface area contributed by atoms with Crippen LogP contribution in [0.25, 0.3) is 0 Å². The molecule has 2 atom stereocenters. The number of nitrogens with two attached hydrogens (primary N) is 1. The molecule has 0 aromatic heterocycles. The Morgan fingerprint density at radius 3 is 2.54 bits per heavy atom. The second-order valence-electron chi connectivity index (χ2n) is 3.86. The SMILES string of the molecule is CCC(C#N)N(C)C(CN)C1CC1. The van der Waals surface area contributed by atoms with E-state index in [-0.39, 0.29) is 6.04 Å². The minimum absolute atomic E-state index is 0.0362. The maximum Gasteiger partial charge on any atom is 0.0975 e. The van der Waals surface area contributed by atoms with Gasteiger partial charge in [0.1, 0.15) is 0 Å². The van der Waals surface area contributed by atoms with Crippen LogP contribution in [-0.4, -0.2) is 30.6 Å². The van der Waals surface area contributed by atoms with Gasteiger partial charge in [-0.1, -0.05) is 6.92 Å². The van der Waals surface area contributed by atoms with Crippen LogP contribution in [0, 0.1) is 17.2 Å². The summed E-state index contributed by atoms with van der Waals surface area (Å²) in [4.78, 5) is 2.15. The highest BCUT2D eigenvalue weighted by molar-refractivity contribution is 4.96. The molecule has 1 fully saturated rings. The summed E-state index contributed by atoms with van der Waals surface area (Å²) < 4.78 is 0. The topological polar surface area (TPSA) is 53.0 Å². The molecule has 0 saturated heterocycles. The summed E-state index contributed by atoms with van der Waals surface area (Å²) in [5.74, 6) is 0.748. The normalized spacial score (nSPS) is 21.2. The minimum Gasteiger partial charge on any atom is -0.329 e. The van der Waals surface area contributed by atoms with E-state index in [1.165, 1.54) is 12.8 Å². The molecule has 0 spiro atoms. The first-order valence-corrected chi connectivity index (χ1v) is 5.06. The average molecular weight is 181 g/mol. The Kier molecular flexibility index (Phi) is 3.71. The van der Waals surface area contributed by atoms with Crippen molar-refractivity contribution in [3.05, 3.63) is 0 Å². The van der Waals surface area contributed by atoms with Gasteiger partial charge >= 0.3 is 0 Å². The van der Waals surface area contributed by atoms with E-state index in [1.807, 2.05) is 14.0 Å². The van der Waals surface area contributed by atoms with Gasteiger partial charge in [0, 0.05) is 12.6 Å². The fraction of sp³-hybridized carbons (Fsp3) is 0.900. The molecule has 2 N–H and O–H groups in total. The van der Waals surface area contributed by atoms with Gasteiger partial charge in [0.05, 0.1) is 12.1 Å². The number of hydrogen-bond acceptors (Lipinski definition) is 3. The van der Waals surface area contributed by atoms with Crippen molar-refractivity contribution >= 4 is 0 Å². The van der Waals surface area contributed by atoms with E-state index in [0.29, 0.717) is 12.6 Å². The molecular weight excluding hydrogens is 162 g/mol. The molecule has 74 valence electrons. The standard InChI is InChI=1S/C10H19N3/c1-3-9(6-11)13(2)10(7-12)8-4-5-8/h8-10H,3-5,7,12H2,1-2H3. The van der Waals surface area contributed by atoms with Crippen molar-refractivity contribution in [2.24, 2.45) is 11.7 Å². The Labute approximate surface area is 80.5 Å². The van der Waals surface area contributed by atoms with E-state index in [9.17, 15) is 0 Å². The molecule has 0 heterocycles. The van der Waals surface area contributed by atoms with E-state index in [1.54, 1.807) is 0 Å². The zero-order valence-electron chi connectivity index (χ0n) is 8.53. The van der Waals surface area contributed by atoms with Crippen LogP contribution < -0.4 is 5.73 Å². The number of nitriles is 1. The van der Waals surface area contributed by atoms with Gasteiger partial charge in [-0.3, -0.25) is 4.90 Å². The van der Waals surface area contributed by atoms with Crippen LogP contribution in [-0.2, 0) is 0 Å². The van der Waals surface area contributed by atoms with Gasteiger partial charge < -0.3 is 5.73 Å². The Hall–Kier alpha value is -0.590. The Balaban J connectivity index is 2.51. The highest BCUT2D eigenvalue weighted by Gasteiger charge is 2.34. The predicted octanol–water partition coefficient (Wildman–Crippen LogP) is 0.958. The lowest BCUT2D eigenvalue weighted by Gasteiger charge is -2.30. The molecule has 0 aliphatic heterocycles. The van der Waals surface area contributed by atoms with Crippen molar-refractivity contribution in [3.8, 4) is 6.07 Å². The van der Waals surface area contributed by atoms with Crippen LogP contribution in [0.2, 0.25) is 0 Å². The Bertz CT molecular complexity index is 193. The lowest BCUT2D eigenvalue weighted by molar-refractivity contribution is 0.186. The van der Waals surface area contributed by atoms with Crippen molar-refractivity contribution in [1.82, 2.24) is 4.90 Å². The first-order chi connectivity index (χ1) is 6.24. The fourth-order valence-electron chi connectivity index (χ4n) is 1.87. The van der Waals surface area contributed by atoms with Crippen molar-refractivity contribution in [2.45, 2.75) is 38.3 Å². The molecular formula is C10H19N3. The summed E-state index contributed by atoms with van der Waals surface area (Å²) in [6.45, 7) is 2.73. The third kappa shape index (κ3) is 2.43. The van der Waals surface area contributed by atoms with Gasteiger partial charge in [0.2, 0.25) is 0 Å². The highest BCUT2D eigenvalue weighted by atomic mass is 15.2. The number of hydrogen-bond donors (Lipinski definition) is 1. The van der Waals surface area contributed by atoms with Crippen molar-refractivity contribution < 1.29 is 0 Å². The average Bonchev–Trinajstić information content (AvgIpc) is 2.92. The molecule has 3 nitrogen and oxygen atoms in total. The van der Waals surface area contributed by atoms with Crippen LogP contribution >= 0.6 is 0 Å². The monoisotopic (exact) mass is 181 g/mol. The van der Waals surface area contributed by atoms with Gasteiger partial charge in [-0.05, 0) is 32.2 Å². The number of rotatable bonds is 5. The van der Waals surface area contributed by atoms with Gasteiger partial charge in [0.15, 0.2) is 0 Å². The maximum atomic E-state index is 8.91. The quantitative estimate of drug-likeness (QED) is 0.687. The van der Waals surface area contributed by atoms with E-state index in [4.69, 9.17) is 11.0 Å². The summed E-state index contributed by atoms with van der Waals surface area (Å²) >= 11 is 0. The Morgan fingerprint density at radius 1 is 1.62 bits per heavy atom. The zero-order valence-corrected chi connectivity index (χ0v) is 8.53. The van der Waals surface area contributed by atoms with Gasteiger partial charge in [-0.25, -0.2) is 0 Å². The molecule has 13 heavy (non-hydrogen) atoms. The fourth-order valence-corrected chi connectivity index (χ4v) is 1.87. The summed E-state index contributed by atoms with van der Waals surface area (Å²) in [5, 5.41) is 8.91. The predicted molar refractivity (Wildman–Crippen MR) is 53.0 cm³/mol. The largest absolute Gasteiger partial charge is 0.329 e. The molecule has 3 heteroatoms. The molecule has 0 aromatic carbocycles. The van der Waals surface area contributed by atoms with E-state index < -0.39 is 0 Å². The van der Waals surface area contributed by atoms with Gasteiger partial charge in [-0.2, -0.15) is 5.26 Å². The summed E-state index contributed by atoms with van der Waals surface area (Å²) in [6.07, 6.45) is 3.46. The highest BCUT2D eigenvalue weighted by Crippen LogP contribution is 2.35. The summed E-state index contributed by atoms with van der Waals surface area (Å²) in [7, 11) is 2.02. The summed E-state index contributed by atoms with van der Waals surface area (Å²) in [6, 6.07) is 2.78. The van der Waals surface area contributed by atoms with Gasteiger partial charge in [0.25, 0.3) is 0 Å². The van der Waals surface area contributed by atoms with E-state index in [2.05, 4.69) is 11.0 Å². The molecule has 2 unspecified atom stereocenters. The Morgan fingerprint density at radius 2 is 2.23 bits per heavy atom. The van der Waals surface area contributed by atoms with Crippen LogP contribution in [0.5, 0.6) is 0 Å². The van der Waals surface area contributed by atoms with Crippen molar-refractivity contribution in [2.75, 3.05) is 13.6 Å². The molecule has 1 aliphatic carbocycles. The maximum absolute atomic E-state index is 8.91. The molecule has 0 amide bonds. The van der Waals surface area contributed by atoms with Crippen LogP contribution in [0.1, 0.15) is 26.2 Å². The first kappa shape index (κ1) is 10.5. The third-order valence-corrected chi connectivity index (χ3v) is 2.96. The molecule has 1 aliphatic rings. The second-order valence-corrected chi connectivity index (χ2v) is 3.86. The van der Waals surface area contributed by atoms with Crippen LogP contribution in [0.4, 0.5) is 0 Å². The molecule has 0 bridgehead atoms. The molecule has 0 aromatic rings. The smallest absolute Gasteiger partial charge is 0.0975 e. The first-order valence-electron chi connectivity index (χ1n) is 5.06. The lowest BCUT2D eigenvalue weighted by Crippen LogP contribution is -2.44. The third-order valence-electron chi connectivity index (χ3n) is 2.96. The van der Waals surface area contributed by atoms with Crippen molar-refractivity contribution in [1.29, 1.82) is 5.26 Å². The lowest BCUT2D eigenvalue weighted by atomic mass is 10.1. The van der Waals surface area contributed by atoms with Crippen LogP contribution in [0.15, 0.2) is 0 Å². The summed E-state index contributed by atoms with van der Waals surface area (Å²) in [5.41, 5.74) is 5.71. The molecule has 1 rings (SSSR count). The van der Waals surface area contributed by atoms with E-state index >= 15 is 0 Å². The van der Waals surface area contributed by atoms with Gasteiger partial charge in [-0.15, -0.1) is 0 Å². The van der Waals surface area contributed by atoms with Crippen molar-refractivity contribution in [3.63, 3.8) is 0 Å². The van der Waals surface area contributed by atoms with E-state index in [0.717, 1.165) is 12.3 Å². The second kappa shape index (κ2) is 4.59. The molecule has 0 radical (unpaired) electrons. The number of likely N-dealkylation sites (N-methyl/N-ethyl adjacent to an activating group) is 1. The zero-order chi connectivity index (χ0) is 9.84. The number of nitrogens with zero attached hydrogens (tertiary/aromatic N) is 2.